The van der Waals surface area contributed by atoms with Crippen molar-refractivity contribution in [1.82, 2.24) is 19.8 Å². The van der Waals surface area contributed by atoms with Crippen molar-refractivity contribution in [2.45, 2.75) is 52.6 Å². The van der Waals surface area contributed by atoms with Crippen LogP contribution in [0, 0.1) is 5.41 Å². The van der Waals surface area contributed by atoms with Gasteiger partial charge in [-0.25, -0.2) is 4.98 Å². The number of carbonyl (C=O) groups is 1. The fraction of sp³-hybridized carbons (Fsp3) is 0.542. The summed E-state index contributed by atoms with van der Waals surface area (Å²) in [7, 11) is 1.66. The number of rotatable bonds is 4. The number of aromatic amines is 1. The van der Waals surface area contributed by atoms with Gasteiger partial charge in [0.2, 0.25) is 5.91 Å². The second-order valence-electron chi connectivity index (χ2n) is 9.67. The zero-order valence-corrected chi connectivity index (χ0v) is 18.9. The molecule has 0 aliphatic carbocycles. The number of aromatic nitrogens is 2. The number of amides is 1. The minimum Gasteiger partial charge on any atom is -0.497 e. The highest BCUT2D eigenvalue weighted by Crippen LogP contribution is 2.29. The van der Waals surface area contributed by atoms with Gasteiger partial charge in [0.05, 0.1) is 18.4 Å². The first-order valence-corrected chi connectivity index (χ1v) is 11.0. The number of likely N-dealkylation sites (tertiary alicyclic amines) is 1. The predicted octanol–water partition coefficient (Wildman–Crippen LogP) is 2.70. The van der Waals surface area contributed by atoms with E-state index in [4.69, 9.17) is 9.72 Å². The number of hydrogen-bond donors (Lipinski definition) is 1. The van der Waals surface area contributed by atoms with Gasteiger partial charge in [-0.3, -0.25) is 14.5 Å². The van der Waals surface area contributed by atoms with Gasteiger partial charge in [0.15, 0.2) is 0 Å². The molecule has 2 aliphatic heterocycles. The first-order valence-electron chi connectivity index (χ1n) is 11.0. The molecule has 1 fully saturated rings. The molecular formula is C24H32N4O3. The van der Waals surface area contributed by atoms with Crippen molar-refractivity contribution in [3.8, 4) is 5.75 Å². The van der Waals surface area contributed by atoms with Gasteiger partial charge in [-0.15, -0.1) is 0 Å². The second kappa shape index (κ2) is 8.46. The summed E-state index contributed by atoms with van der Waals surface area (Å²) in [5.74, 6) is 1.83. The van der Waals surface area contributed by atoms with E-state index in [1.165, 1.54) is 5.56 Å². The number of fused-ring (bicyclic) bond motifs is 1. The Bertz CT molecular complexity index is 1010. The summed E-state index contributed by atoms with van der Waals surface area (Å²) in [4.78, 5) is 37.5. The molecule has 1 saturated heterocycles. The van der Waals surface area contributed by atoms with Crippen LogP contribution in [0.5, 0.6) is 5.75 Å². The fourth-order valence-corrected chi connectivity index (χ4v) is 4.46. The number of nitrogens with one attached hydrogen (secondary N) is 1. The van der Waals surface area contributed by atoms with Gasteiger partial charge in [-0.1, -0.05) is 32.9 Å². The standard InChI is InChI=1S/C24H32N4O3/c1-24(2,3)23(30)28-12-9-17(14-28)21-25-20-10-11-27(15-19(20)22(29)26-21)13-16-5-7-18(31-4)8-6-16/h5-8,17H,9-15H2,1-4H3,(H,25,26,29). The van der Waals surface area contributed by atoms with E-state index in [1.807, 2.05) is 37.8 Å². The van der Waals surface area contributed by atoms with E-state index in [2.05, 4.69) is 22.0 Å². The van der Waals surface area contributed by atoms with Gasteiger partial charge in [-0.05, 0) is 24.1 Å². The van der Waals surface area contributed by atoms with E-state index in [0.717, 1.165) is 55.3 Å². The minimum absolute atomic E-state index is 0.0416. The Labute approximate surface area is 183 Å². The van der Waals surface area contributed by atoms with Crippen molar-refractivity contribution in [2.24, 2.45) is 5.41 Å². The van der Waals surface area contributed by atoms with Gasteiger partial charge < -0.3 is 14.6 Å². The molecule has 7 nitrogen and oxygen atoms in total. The van der Waals surface area contributed by atoms with Crippen LogP contribution < -0.4 is 10.3 Å². The van der Waals surface area contributed by atoms with E-state index < -0.39 is 0 Å². The maximum atomic E-state index is 12.9. The van der Waals surface area contributed by atoms with E-state index in [0.29, 0.717) is 13.1 Å². The first kappa shape index (κ1) is 21.6. The van der Waals surface area contributed by atoms with E-state index in [-0.39, 0.29) is 22.8 Å². The van der Waals surface area contributed by atoms with E-state index in [9.17, 15) is 9.59 Å². The average Bonchev–Trinajstić information content (AvgIpc) is 3.23. The molecule has 1 unspecified atom stereocenters. The summed E-state index contributed by atoms with van der Waals surface area (Å²) >= 11 is 0. The Morgan fingerprint density at radius 1 is 1.23 bits per heavy atom. The zero-order chi connectivity index (χ0) is 22.2. The third kappa shape index (κ3) is 4.66. The Hall–Kier alpha value is -2.67. The lowest BCUT2D eigenvalue weighted by Gasteiger charge is -2.28. The Balaban J connectivity index is 1.45. The van der Waals surface area contributed by atoms with Crippen molar-refractivity contribution >= 4 is 5.91 Å². The highest BCUT2D eigenvalue weighted by atomic mass is 16.5. The Morgan fingerprint density at radius 3 is 2.65 bits per heavy atom. The molecule has 4 rings (SSSR count). The third-order valence-electron chi connectivity index (χ3n) is 6.23. The molecular weight excluding hydrogens is 392 g/mol. The van der Waals surface area contributed by atoms with Crippen LogP contribution in [0.25, 0.3) is 0 Å². The van der Waals surface area contributed by atoms with Crippen LogP contribution in [0.1, 0.15) is 55.8 Å². The highest BCUT2D eigenvalue weighted by molar-refractivity contribution is 5.81. The molecule has 0 bridgehead atoms. The highest BCUT2D eigenvalue weighted by Gasteiger charge is 2.34. The molecule has 7 heteroatoms. The Morgan fingerprint density at radius 2 is 1.97 bits per heavy atom. The first-order chi connectivity index (χ1) is 14.7. The molecule has 0 saturated carbocycles. The van der Waals surface area contributed by atoms with Gasteiger partial charge in [0, 0.05) is 50.5 Å². The largest absolute Gasteiger partial charge is 0.497 e. The molecule has 3 heterocycles. The Kier molecular flexibility index (Phi) is 5.88. The predicted molar refractivity (Wildman–Crippen MR) is 119 cm³/mol. The normalized spacial score (nSPS) is 19.4. The van der Waals surface area contributed by atoms with Gasteiger partial charge in [0.25, 0.3) is 5.56 Å². The third-order valence-corrected chi connectivity index (χ3v) is 6.23. The molecule has 1 aromatic carbocycles. The lowest BCUT2D eigenvalue weighted by atomic mass is 9.95. The van der Waals surface area contributed by atoms with Crippen LogP contribution in [-0.2, 0) is 24.3 Å². The van der Waals surface area contributed by atoms with Gasteiger partial charge in [-0.2, -0.15) is 0 Å². The van der Waals surface area contributed by atoms with Crippen molar-refractivity contribution in [2.75, 3.05) is 26.7 Å². The van der Waals surface area contributed by atoms with Gasteiger partial charge in [0.1, 0.15) is 11.6 Å². The average molecular weight is 425 g/mol. The molecule has 2 aliphatic rings. The molecule has 166 valence electrons. The van der Waals surface area contributed by atoms with E-state index in [1.54, 1.807) is 7.11 Å². The molecule has 0 spiro atoms. The van der Waals surface area contributed by atoms with Crippen LogP contribution in [0.2, 0.25) is 0 Å². The summed E-state index contributed by atoms with van der Waals surface area (Å²) in [6.45, 7) is 9.44. The lowest BCUT2D eigenvalue weighted by Crippen LogP contribution is -2.38. The number of nitrogens with zero attached hydrogens (tertiary/aromatic N) is 3. The number of carbonyl (C=O) groups excluding carboxylic acids is 1. The zero-order valence-electron chi connectivity index (χ0n) is 18.9. The molecule has 0 radical (unpaired) electrons. The number of methoxy groups -OCH3 is 1. The van der Waals surface area contributed by atoms with Crippen molar-refractivity contribution in [3.63, 3.8) is 0 Å². The second-order valence-corrected chi connectivity index (χ2v) is 9.67. The summed E-state index contributed by atoms with van der Waals surface area (Å²) in [5.41, 5.74) is 2.44. The van der Waals surface area contributed by atoms with Crippen LogP contribution in [0.15, 0.2) is 29.1 Å². The summed E-state index contributed by atoms with van der Waals surface area (Å²) < 4.78 is 5.22. The van der Waals surface area contributed by atoms with Crippen molar-refractivity contribution in [1.29, 1.82) is 0 Å². The lowest BCUT2D eigenvalue weighted by molar-refractivity contribution is -0.138. The molecule has 1 N–H and O–H groups in total. The molecule has 1 atom stereocenters. The number of hydrogen-bond acceptors (Lipinski definition) is 5. The van der Waals surface area contributed by atoms with Crippen molar-refractivity contribution < 1.29 is 9.53 Å². The van der Waals surface area contributed by atoms with Crippen LogP contribution in [0.4, 0.5) is 0 Å². The SMILES string of the molecule is COc1ccc(CN2CCc3nc(C4CCN(C(=O)C(C)(C)C)C4)[nH]c(=O)c3C2)cc1. The van der Waals surface area contributed by atoms with Gasteiger partial charge >= 0.3 is 0 Å². The smallest absolute Gasteiger partial charge is 0.255 e. The molecule has 1 amide bonds. The maximum Gasteiger partial charge on any atom is 0.255 e. The topological polar surface area (TPSA) is 78.5 Å². The number of benzene rings is 1. The number of ether oxygens (including phenoxy) is 1. The molecule has 2 aromatic rings. The van der Waals surface area contributed by atoms with Crippen molar-refractivity contribution in [3.05, 3.63) is 57.3 Å². The van der Waals surface area contributed by atoms with E-state index >= 15 is 0 Å². The molecule has 31 heavy (non-hydrogen) atoms. The quantitative estimate of drug-likeness (QED) is 0.817. The van der Waals surface area contributed by atoms with Crippen LogP contribution in [0.3, 0.4) is 0 Å². The summed E-state index contributed by atoms with van der Waals surface area (Å²) in [6, 6.07) is 8.04. The van der Waals surface area contributed by atoms with Crippen LogP contribution >= 0.6 is 0 Å². The van der Waals surface area contributed by atoms with Crippen LogP contribution in [-0.4, -0.2) is 52.4 Å². The summed E-state index contributed by atoms with van der Waals surface area (Å²) in [5, 5.41) is 0. The fourth-order valence-electron chi connectivity index (χ4n) is 4.46. The minimum atomic E-state index is -0.390. The summed E-state index contributed by atoms with van der Waals surface area (Å²) in [6.07, 6.45) is 1.60. The molecule has 1 aromatic heterocycles. The maximum absolute atomic E-state index is 12.9. The number of H-pyrrole nitrogens is 1. The monoisotopic (exact) mass is 424 g/mol.